The lowest BCUT2D eigenvalue weighted by atomic mass is 9.93. The number of benzene rings is 1. The first-order chi connectivity index (χ1) is 19.0. The van der Waals surface area contributed by atoms with Gasteiger partial charge in [-0.25, -0.2) is 9.78 Å². The second-order valence-electron chi connectivity index (χ2n) is 10.5. The van der Waals surface area contributed by atoms with Gasteiger partial charge in [0.25, 0.3) is 0 Å². The van der Waals surface area contributed by atoms with Gasteiger partial charge in [0.1, 0.15) is 5.82 Å². The molecule has 2 aliphatic heterocycles. The van der Waals surface area contributed by atoms with E-state index in [9.17, 15) is 9.59 Å². The van der Waals surface area contributed by atoms with Crippen molar-refractivity contribution < 1.29 is 4.79 Å². The summed E-state index contributed by atoms with van der Waals surface area (Å²) in [6.45, 7) is 3.91. The third kappa shape index (κ3) is 5.16. The molecule has 2 N–H and O–H groups in total. The number of halogens is 1. The van der Waals surface area contributed by atoms with E-state index in [4.69, 9.17) is 17.3 Å². The second-order valence-corrected chi connectivity index (χ2v) is 11.0. The van der Waals surface area contributed by atoms with Crippen LogP contribution >= 0.6 is 11.6 Å². The molecule has 0 aliphatic carbocycles. The van der Waals surface area contributed by atoms with Crippen LogP contribution in [0.5, 0.6) is 0 Å². The number of fused-ring (bicyclic) bond motifs is 1. The van der Waals surface area contributed by atoms with E-state index in [0.717, 1.165) is 61.9 Å². The Morgan fingerprint density at radius 1 is 0.974 bits per heavy atom. The molecule has 0 saturated carbocycles. The van der Waals surface area contributed by atoms with Crippen LogP contribution in [0.25, 0.3) is 16.7 Å². The Kier molecular flexibility index (Phi) is 7.10. The summed E-state index contributed by atoms with van der Waals surface area (Å²) >= 11 is 6.31. The van der Waals surface area contributed by atoms with Crippen LogP contribution in [0, 0.1) is 5.92 Å². The Morgan fingerprint density at radius 2 is 1.77 bits per heavy atom. The fraction of sp³-hybridized carbons (Fsp3) is 0.379. The van der Waals surface area contributed by atoms with E-state index in [1.807, 2.05) is 51.9 Å². The van der Waals surface area contributed by atoms with Gasteiger partial charge in [0.2, 0.25) is 5.91 Å². The van der Waals surface area contributed by atoms with Gasteiger partial charge in [-0.05, 0) is 86.8 Å². The van der Waals surface area contributed by atoms with E-state index >= 15 is 0 Å². The van der Waals surface area contributed by atoms with E-state index < -0.39 is 0 Å². The number of piperidine rings is 2. The summed E-state index contributed by atoms with van der Waals surface area (Å²) in [5.41, 5.74) is 9.18. The maximum Gasteiger partial charge on any atom is 0.334 e. The van der Waals surface area contributed by atoms with E-state index in [1.54, 1.807) is 23.2 Å². The Bertz CT molecular complexity index is 1530. The van der Waals surface area contributed by atoms with Crippen molar-refractivity contribution in [3.05, 3.63) is 82.1 Å². The molecule has 5 heterocycles. The van der Waals surface area contributed by atoms with Gasteiger partial charge in [-0.15, -0.1) is 0 Å². The summed E-state index contributed by atoms with van der Waals surface area (Å²) in [4.78, 5) is 39.7. The van der Waals surface area contributed by atoms with Gasteiger partial charge in [-0.3, -0.25) is 23.8 Å². The van der Waals surface area contributed by atoms with Gasteiger partial charge in [0.15, 0.2) is 0 Å². The number of nitrogens with two attached hydrogens (primary N) is 1. The minimum absolute atomic E-state index is 0.0118. The maximum atomic E-state index is 13.7. The van der Waals surface area contributed by atoms with Crippen LogP contribution in [0.1, 0.15) is 37.3 Å². The Labute approximate surface area is 231 Å². The topological polar surface area (TPSA) is 102 Å². The number of pyridine rings is 2. The van der Waals surface area contributed by atoms with E-state index in [-0.39, 0.29) is 23.6 Å². The minimum atomic E-state index is -0.103. The largest absolute Gasteiger partial charge is 0.384 e. The standard InChI is InChI=1S/C29H32ClN7O2/c30-22-3-4-25-26(17-22)37(24-2-1-10-32-18-24)29(39)36(25)23-8-14-35(15-9-23)28(38)21-6-12-34(13-7-21)19-20-5-11-33-27(31)16-20/h1-5,10-11,16-18,21,23H,6-9,12-15,19H2,(H2,31,33). The smallest absolute Gasteiger partial charge is 0.334 e. The molecule has 2 saturated heterocycles. The van der Waals surface area contributed by atoms with Gasteiger partial charge < -0.3 is 10.6 Å². The first kappa shape index (κ1) is 25.6. The molecule has 6 rings (SSSR count). The number of aromatic nitrogens is 4. The number of hydrogen-bond donors (Lipinski definition) is 1. The third-order valence-corrected chi connectivity index (χ3v) is 8.30. The predicted molar refractivity (Wildman–Crippen MR) is 152 cm³/mol. The number of carbonyl (C=O) groups is 1. The van der Waals surface area contributed by atoms with Crippen LogP contribution in [0.4, 0.5) is 5.82 Å². The molecule has 39 heavy (non-hydrogen) atoms. The molecule has 2 aliphatic rings. The van der Waals surface area contributed by atoms with Gasteiger partial charge in [-0.2, -0.15) is 0 Å². The molecule has 0 radical (unpaired) electrons. The molecule has 10 heteroatoms. The number of carbonyl (C=O) groups excluding carboxylic acids is 1. The molecule has 4 aromatic rings. The summed E-state index contributed by atoms with van der Waals surface area (Å²) in [7, 11) is 0. The molecule has 0 atom stereocenters. The number of nitrogens with zero attached hydrogens (tertiary/aromatic N) is 6. The zero-order valence-corrected chi connectivity index (χ0v) is 22.5. The van der Waals surface area contributed by atoms with Crippen molar-refractivity contribution in [1.29, 1.82) is 0 Å². The number of nitrogen functional groups attached to an aromatic ring is 1. The van der Waals surface area contributed by atoms with Gasteiger partial charge in [0.05, 0.1) is 22.9 Å². The van der Waals surface area contributed by atoms with Crippen molar-refractivity contribution in [3.63, 3.8) is 0 Å². The molecule has 3 aromatic heterocycles. The highest BCUT2D eigenvalue weighted by Gasteiger charge is 2.32. The average Bonchev–Trinajstić information content (AvgIpc) is 3.24. The van der Waals surface area contributed by atoms with Crippen molar-refractivity contribution >= 4 is 34.4 Å². The number of imidazole rings is 1. The first-order valence-corrected chi connectivity index (χ1v) is 13.9. The van der Waals surface area contributed by atoms with Crippen LogP contribution in [0.15, 0.2) is 65.8 Å². The number of likely N-dealkylation sites (tertiary alicyclic amines) is 2. The predicted octanol–water partition coefficient (Wildman–Crippen LogP) is 3.89. The zero-order valence-electron chi connectivity index (χ0n) is 21.7. The molecule has 1 aromatic carbocycles. The summed E-state index contributed by atoms with van der Waals surface area (Å²) in [5.74, 6) is 0.838. The first-order valence-electron chi connectivity index (χ1n) is 13.5. The molecule has 0 bridgehead atoms. The summed E-state index contributed by atoms with van der Waals surface area (Å²) < 4.78 is 3.56. The van der Waals surface area contributed by atoms with Crippen molar-refractivity contribution in [2.24, 2.45) is 5.92 Å². The van der Waals surface area contributed by atoms with E-state index in [1.165, 1.54) is 0 Å². The zero-order chi connectivity index (χ0) is 26.9. The molecule has 0 spiro atoms. The van der Waals surface area contributed by atoms with Crippen LogP contribution in [-0.4, -0.2) is 61.0 Å². The molecular formula is C29H32ClN7O2. The molecular weight excluding hydrogens is 514 g/mol. The quantitative estimate of drug-likeness (QED) is 0.408. The molecule has 0 unspecified atom stereocenters. The van der Waals surface area contributed by atoms with Gasteiger partial charge in [-0.1, -0.05) is 11.6 Å². The molecule has 9 nitrogen and oxygen atoms in total. The lowest BCUT2D eigenvalue weighted by Crippen LogP contribution is -2.46. The number of rotatable bonds is 5. The number of anilines is 1. The van der Waals surface area contributed by atoms with Gasteiger partial charge in [0, 0.05) is 49.0 Å². The fourth-order valence-corrected chi connectivity index (χ4v) is 6.24. The SMILES string of the molecule is Nc1cc(CN2CCC(C(=O)N3CCC(n4c(=O)n(-c5cccnc5)c5cc(Cl)ccc54)CC3)CC2)ccn1. The third-order valence-electron chi connectivity index (χ3n) is 8.07. The van der Waals surface area contributed by atoms with Crippen molar-refractivity contribution in [2.75, 3.05) is 31.9 Å². The van der Waals surface area contributed by atoms with Crippen LogP contribution in [0.3, 0.4) is 0 Å². The summed E-state index contributed by atoms with van der Waals surface area (Å²) in [5, 5.41) is 0.577. The lowest BCUT2D eigenvalue weighted by Gasteiger charge is -2.37. The molecule has 1 amide bonds. The van der Waals surface area contributed by atoms with Crippen LogP contribution in [-0.2, 0) is 11.3 Å². The van der Waals surface area contributed by atoms with Crippen molar-refractivity contribution in [3.8, 4) is 5.69 Å². The monoisotopic (exact) mass is 545 g/mol. The summed E-state index contributed by atoms with van der Waals surface area (Å²) in [6, 6.07) is 13.2. The highest BCUT2D eigenvalue weighted by Crippen LogP contribution is 2.30. The minimum Gasteiger partial charge on any atom is -0.384 e. The lowest BCUT2D eigenvalue weighted by molar-refractivity contribution is -0.138. The van der Waals surface area contributed by atoms with Crippen LogP contribution < -0.4 is 11.4 Å². The number of amides is 1. The number of hydrogen-bond acceptors (Lipinski definition) is 6. The fourth-order valence-electron chi connectivity index (χ4n) is 6.07. The highest BCUT2D eigenvalue weighted by atomic mass is 35.5. The van der Waals surface area contributed by atoms with Crippen molar-refractivity contribution in [2.45, 2.75) is 38.3 Å². The van der Waals surface area contributed by atoms with E-state index in [0.29, 0.717) is 29.6 Å². The molecule has 2 fully saturated rings. The normalized spacial score (nSPS) is 17.6. The van der Waals surface area contributed by atoms with Crippen molar-refractivity contribution in [1.82, 2.24) is 28.9 Å². The summed E-state index contributed by atoms with van der Waals surface area (Å²) in [6.07, 6.45) is 8.31. The second kappa shape index (κ2) is 10.8. The highest BCUT2D eigenvalue weighted by molar-refractivity contribution is 6.31. The average molecular weight is 546 g/mol. The molecule has 202 valence electrons. The Morgan fingerprint density at radius 3 is 2.49 bits per heavy atom. The Balaban J connectivity index is 1.12. The van der Waals surface area contributed by atoms with Gasteiger partial charge >= 0.3 is 5.69 Å². The van der Waals surface area contributed by atoms with E-state index in [2.05, 4.69) is 14.9 Å². The maximum absolute atomic E-state index is 13.7. The van der Waals surface area contributed by atoms with Crippen LogP contribution in [0.2, 0.25) is 5.02 Å². The Hall–Kier alpha value is -3.69.